The van der Waals surface area contributed by atoms with Crippen molar-refractivity contribution >= 4 is 98.7 Å². The highest BCUT2D eigenvalue weighted by atomic mass is 79.9. The summed E-state index contributed by atoms with van der Waals surface area (Å²) in [5.74, 6) is 1.11. The molecule has 0 fully saturated rings. The van der Waals surface area contributed by atoms with Crippen LogP contribution < -0.4 is 44.2 Å². The van der Waals surface area contributed by atoms with Crippen LogP contribution in [0.25, 0.3) is 22.5 Å². The first-order chi connectivity index (χ1) is 39.3. The second-order valence-electron chi connectivity index (χ2n) is 17.4. The largest absolute Gasteiger partial charge is 0.569 e. The van der Waals surface area contributed by atoms with Crippen LogP contribution >= 0.6 is 58.9 Å². The van der Waals surface area contributed by atoms with E-state index in [4.69, 9.17) is 47.2 Å². The van der Waals surface area contributed by atoms with Gasteiger partial charge in [-0.15, -0.1) is 10.2 Å². The Morgan fingerprint density at radius 3 is 1.51 bits per heavy atom. The predicted molar refractivity (Wildman–Crippen MR) is 328 cm³/mol. The highest BCUT2D eigenvalue weighted by molar-refractivity contribution is 9.10. The van der Waals surface area contributed by atoms with Gasteiger partial charge in [0, 0.05) is 98.7 Å². The highest BCUT2D eigenvalue weighted by Gasteiger charge is 2.32. The van der Waals surface area contributed by atoms with Crippen molar-refractivity contribution in [3.8, 4) is 51.2 Å². The molecule has 2 atom stereocenters. The molecule has 0 saturated heterocycles. The molecule has 84 heavy (non-hydrogen) atoms. The van der Waals surface area contributed by atoms with Gasteiger partial charge in [-0.25, -0.2) is 8.78 Å². The number of halogens is 5. The molecule has 0 bridgehead atoms. The highest BCUT2D eigenvalue weighted by Crippen LogP contribution is 2.38. The average molecular weight is 1340 g/mol. The lowest BCUT2D eigenvalue weighted by Gasteiger charge is -2.30. The van der Waals surface area contributed by atoms with Crippen molar-refractivity contribution in [3.63, 3.8) is 0 Å². The predicted octanol–water partition coefficient (Wildman–Crippen LogP) is 7.44. The zero-order valence-corrected chi connectivity index (χ0v) is 52.6. The van der Waals surface area contributed by atoms with Gasteiger partial charge in [-0.05, 0) is 93.3 Å². The number of anilines is 2. The minimum absolute atomic E-state index is 0. The van der Waals surface area contributed by atoms with Crippen LogP contribution in [-0.2, 0) is 46.3 Å². The number of hydrogen-bond donors (Lipinski definition) is 3. The van der Waals surface area contributed by atoms with Gasteiger partial charge in [0.25, 0.3) is 11.1 Å². The van der Waals surface area contributed by atoms with E-state index in [0.717, 1.165) is 0 Å². The van der Waals surface area contributed by atoms with Crippen molar-refractivity contribution in [2.75, 3.05) is 51.0 Å². The molecular formula is C52H53BBrCl2F2N10O12P2S2. The third-order valence-corrected chi connectivity index (χ3v) is 16.6. The Labute approximate surface area is 507 Å². The van der Waals surface area contributed by atoms with E-state index in [1.54, 1.807) is 60.7 Å². The zero-order valence-electron chi connectivity index (χ0n) is 45.0. The zero-order chi connectivity index (χ0) is 58.9. The fourth-order valence-corrected chi connectivity index (χ4v) is 11.8. The second-order valence-corrected chi connectivity index (χ2v) is 22.4. The van der Waals surface area contributed by atoms with Crippen LogP contribution in [0.15, 0.2) is 136 Å². The van der Waals surface area contributed by atoms with E-state index in [-0.39, 0.29) is 103 Å². The lowest BCUT2D eigenvalue weighted by molar-refractivity contribution is 0.385. The van der Waals surface area contributed by atoms with Gasteiger partial charge in [-0.1, -0.05) is 41.4 Å². The number of fused-ring (bicyclic) bond motifs is 2. The van der Waals surface area contributed by atoms with Gasteiger partial charge in [0.2, 0.25) is 0 Å². The number of benzene rings is 4. The maximum Gasteiger partial charge on any atom is 0.569 e. The number of ether oxygens (including phenoxy) is 4. The molecule has 1 radical (unpaired) electrons. The van der Waals surface area contributed by atoms with Crippen molar-refractivity contribution in [1.82, 2.24) is 38.1 Å². The van der Waals surface area contributed by atoms with Crippen LogP contribution in [-0.4, -0.2) is 109 Å². The number of pyridine rings is 2. The Kier molecular flexibility index (Phi) is 23.1. The van der Waals surface area contributed by atoms with Gasteiger partial charge in [0.15, 0.2) is 11.6 Å². The summed E-state index contributed by atoms with van der Waals surface area (Å²) >= 11 is 15.1. The monoisotopic (exact) mass is 1330 g/mol. The normalized spacial score (nSPS) is 12.8. The SMILES string of the molecule is COc1cc(Br)c(F)cc1-n1c2c(ccc1=O)CN(S(=O)(=O)Nc1cccnn1)CC2.COc1ccc(-c2cc(OC)c(-n3c4c(ccc3=O)CN(S(=O)(=O)Nc3cccnn3)CC4)cc2F)cc1Cl.COc1ccc(O[B]O)cc1Cl.P.P. The van der Waals surface area contributed by atoms with Gasteiger partial charge in [-0.3, -0.25) is 28.2 Å². The van der Waals surface area contributed by atoms with E-state index >= 15 is 4.39 Å². The third kappa shape index (κ3) is 15.3. The first kappa shape index (κ1) is 66.3. The lowest BCUT2D eigenvalue weighted by Crippen LogP contribution is -2.41. The maximum atomic E-state index is 15.5. The topological polar surface area (TPSA) is 261 Å². The van der Waals surface area contributed by atoms with E-state index in [9.17, 15) is 30.8 Å². The molecule has 32 heteroatoms. The second kappa shape index (κ2) is 29.3. The smallest absolute Gasteiger partial charge is 0.537 e. The van der Waals surface area contributed by atoms with Crippen molar-refractivity contribution in [1.29, 1.82) is 0 Å². The van der Waals surface area contributed by atoms with Gasteiger partial charge in [-0.2, -0.15) is 55.4 Å². The molecule has 8 aromatic rings. The standard InChI is InChI=1S/C26H23ClFN5O5S.C19H17BrFN5O4S.C7H7BClO3.2H3P/c1-37-23-7-5-16(12-19(23)27)18-13-24(38-2)22(14-20(18)28)33-21-9-11-32(15-17(21)6-8-26(33)34)39(35,36)31-25-4-3-10-29-30-25;1-30-17-9-13(20)14(21)10-16(17)26-15-6-8-25(11-12(15)4-5-19(26)27)31(28,29)24-18-3-2-7-22-23-18;1-11-7-3-2-5(12-8-10)4-6(7)9;;/h3-8,10,12-14H,9,11,15H2,1-2H3,(H,30,31);2-5,7,9-10H,6,8,11H2,1H3,(H,23,24);2-4,10H,1H3;2*1H3. The molecule has 0 aliphatic carbocycles. The fraction of sp³-hybridized carbons (Fsp3) is 0.192. The molecular weight excluding hydrogens is 1280 g/mol. The number of nitrogens with zero attached hydrogens (tertiary/aromatic N) is 8. The first-order valence-corrected chi connectivity index (χ1v) is 28.5. The fourth-order valence-electron chi connectivity index (χ4n) is 8.69. The van der Waals surface area contributed by atoms with Crippen LogP contribution in [0.4, 0.5) is 20.4 Å². The first-order valence-electron chi connectivity index (χ1n) is 24.1. The third-order valence-electron chi connectivity index (χ3n) is 12.5. The molecule has 0 saturated carbocycles. The summed E-state index contributed by atoms with van der Waals surface area (Å²) < 4.78 is 117. The minimum atomic E-state index is -3.94. The molecule has 22 nitrogen and oxygen atoms in total. The molecule has 443 valence electrons. The number of aromatic nitrogens is 6. The molecule has 2 unspecified atom stereocenters. The van der Waals surface area contributed by atoms with E-state index < -0.39 is 37.6 Å². The molecule has 2 aliphatic heterocycles. The van der Waals surface area contributed by atoms with E-state index in [2.05, 4.69) is 50.4 Å². The Morgan fingerprint density at radius 1 is 0.607 bits per heavy atom. The van der Waals surface area contributed by atoms with E-state index in [1.165, 1.54) is 107 Å². The molecule has 0 spiro atoms. The Bertz CT molecular complexity index is 4010. The molecule has 0 amide bonds. The quantitative estimate of drug-likeness (QED) is 0.0665. The Morgan fingerprint density at radius 2 is 1.07 bits per heavy atom. The van der Waals surface area contributed by atoms with Gasteiger partial charge < -0.3 is 28.6 Å². The van der Waals surface area contributed by atoms with Gasteiger partial charge >= 0.3 is 28.1 Å². The molecule has 10 rings (SSSR count). The summed E-state index contributed by atoms with van der Waals surface area (Å²) in [7, 11) is -1.37. The minimum Gasteiger partial charge on any atom is -0.537 e. The lowest BCUT2D eigenvalue weighted by atomic mass is 10.0. The van der Waals surface area contributed by atoms with Crippen LogP contribution in [0.3, 0.4) is 0 Å². The average Bonchev–Trinajstić information content (AvgIpc) is 3.59. The molecule has 4 aromatic carbocycles. The summed E-state index contributed by atoms with van der Waals surface area (Å²) in [5, 5.41) is 23.9. The van der Waals surface area contributed by atoms with Crippen LogP contribution in [0, 0.1) is 11.6 Å². The number of rotatable bonds is 15. The Balaban J connectivity index is 0.000000224. The summed E-state index contributed by atoms with van der Waals surface area (Å²) in [6.07, 6.45) is 3.32. The van der Waals surface area contributed by atoms with Crippen LogP contribution in [0.1, 0.15) is 22.5 Å². The van der Waals surface area contributed by atoms with Crippen LogP contribution in [0.2, 0.25) is 10.0 Å². The number of hydrogen-bond acceptors (Lipinski definition) is 16. The van der Waals surface area contributed by atoms with Gasteiger partial charge in [0.1, 0.15) is 40.4 Å². The summed E-state index contributed by atoms with van der Waals surface area (Å²) in [5.41, 5.74) is 2.79. The summed E-state index contributed by atoms with van der Waals surface area (Å²) in [6, 6.07) is 27.0. The summed E-state index contributed by atoms with van der Waals surface area (Å²) in [6.45, 7) is 0.234. The van der Waals surface area contributed by atoms with Crippen molar-refractivity contribution in [3.05, 3.63) is 191 Å². The molecule has 6 heterocycles. The van der Waals surface area contributed by atoms with Gasteiger partial charge in [0.05, 0.1) is 54.3 Å². The van der Waals surface area contributed by atoms with Crippen molar-refractivity contribution < 1.29 is 54.2 Å². The number of nitrogens with one attached hydrogen (secondary N) is 2. The molecule has 2 aliphatic rings. The summed E-state index contributed by atoms with van der Waals surface area (Å²) in [4.78, 5) is 25.7. The molecule has 4 aromatic heterocycles. The van der Waals surface area contributed by atoms with Crippen molar-refractivity contribution in [2.24, 2.45) is 0 Å². The maximum absolute atomic E-state index is 15.5. The van der Waals surface area contributed by atoms with Crippen molar-refractivity contribution in [2.45, 2.75) is 25.9 Å². The van der Waals surface area contributed by atoms with E-state index in [0.29, 0.717) is 68.8 Å². The van der Waals surface area contributed by atoms with E-state index in [1.807, 2.05) is 0 Å². The number of methoxy groups -OCH3 is 4. The Hall–Kier alpha value is -6.84. The molecule has 3 N–H and O–H groups in total. The van der Waals surface area contributed by atoms with Crippen LogP contribution in [0.5, 0.6) is 28.7 Å².